The molecule has 1 aromatic rings. The van der Waals surface area contributed by atoms with E-state index < -0.39 is 0 Å². The van der Waals surface area contributed by atoms with Crippen molar-refractivity contribution in [2.75, 3.05) is 13.1 Å². The van der Waals surface area contributed by atoms with E-state index in [1.54, 1.807) is 0 Å². The molecule has 0 bridgehead atoms. The van der Waals surface area contributed by atoms with Gasteiger partial charge in [0.05, 0.1) is 0 Å². The van der Waals surface area contributed by atoms with Crippen molar-refractivity contribution in [2.24, 2.45) is 0 Å². The molecule has 2 heteroatoms. The lowest BCUT2D eigenvalue weighted by atomic mass is 10.1. The maximum absolute atomic E-state index is 3.29. The Balaban J connectivity index is 2.07. The van der Waals surface area contributed by atoms with Crippen LogP contribution in [0.1, 0.15) is 11.1 Å². The number of aryl methyl sites for hydroxylation is 2. The molecule has 0 radical (unpaired) electrons. The average Bonchev–Trinajstić information content (AvgIpc) is 2.04. The average molecular weight is 193 g/mol. The Labute approximate surface area is 83.9 Å². The van der Waals surface area contributed by atoms with E-state index in [-0.39, 0.29) is 0 Å². The third-order valence-electron chi connectivity index (χ3n) is 2.53. The topological polar surface area (TPSA) is 12.0 Å². The van der Waals surface area contributed by atoms with Gasteiger partial charge in [0, 0.05) is 23.2 Å². The summed E-state index contributed by atoms with van der Waals surface area (Å²) in [5.74, 6) is 0. The first-order chi connectivity index (χ1) is 6.25. The predicted molar refractivity (Wildman–Crippen MR) is 58.4 cm³/mol. The molecule has 1 aliphatic heterocycles. The first-order valence-corrected chi connectivity index (χ1v) is 5.58. The van der Waals surface area contributed by atoms with Gasteiger partial charge in [-0.05, 0) is 37.1 Å². The lowest BCUT2D eigenvalue weighted by Gasteiger charge is -2.26. The molecule has 0 atom stereocenters. The Morgan fingerprint density at radius 1 is 1.23 bits per heavy atom. The van der Waals surface area contributed by atoms with Crippen molar-refractivity contribution >= 4 is 11.8 Å². The smallest absolute Gasteiger partial charge is 0.0344 e. The molecule has 2 rings (SSSR count). The van der Waals surface area contributed by atoms with Gasteiger partial charge in [-0.15, -0.1) is 11.8 Å². The molecule has 1 N–H and O–H groups in total. The number of rotatable bonds is 2. The van der Waals surface area contributed by atoms with Gasteiger partial charge in [-0.2, -0.15) is 0 Å². The summed E-state index contributed by atoms with van der Waals surface area (Å²) in [7, 11) is 0. The summed E-state index contributed by atoms with van der Waals surface area (Å²) in [6, 6.07) is 6.73. The minimum atomic E-state index is 0.794. The molecule has 1 heterocycles. The molecule has 1 aromatic carbocycles. The van der Waals surface area contributed by atoms with E-state index in [1.165, 1.54) is 16.0 Å². The van der Waals surface area contributed by atoms with Crippen LogP contribution in [0.5, 0.6) is 0 Å². The van der Waals surface area contributed by atoms with Crippen molar-refractivity contribution in [3.8, 4) is 0 Å². The van der Waals surface area contributed by atoms with Crippen LogP contribution in [-0.2, 0) is 0 Å². The van der Waals surface area contributed by atoms with Crippen LogP contribution in [0.2, 0.25) is 0 Å². The summed E-state index contributed by atoms with van der Waals surface area (Å²) in [5, 5.41) is 4.08. The molecule has 70 valence electrons. The van der Waals surface area contributed by atoms with Crippen LogP contribution in [-0.4, -0.2) is 18.3 Å². The quantitative estimate of drug-likeness (QED) is 0.774. The molecule has 0 saturated carbocycles. The van der Waals surface area contributed by atoms with Crippen molar-refractivity contribution in [2.45, 2.75) is 24.0 Å². The van der Waals surface area contributed by atoms with Crippen LogP contribution in [0, 0.1) is 13.8 Å². The molecule has 1 fully saturated rings. The summed E-state index contributed by atoms with van der Waals surface area (Å²) < 4.78 is 0. The molecule has 13 heavy (non-hydrogen) atoms. The van der Waals surface area contributed by atoms with Crippen molar-refractivity contribution in [3.05, 3.63) is 29.3 Å². The van der Waals surface area contributed by atoms with Gasteiger partial charge in [0.15, 0.2) is 0 Å². The zero-order chi connectivity index (χ0) is 9.26. The maximum Gasteiger partial charge on any atom is 0.0344 e. The first kappa shape index (κ1) is 9.10. The van der Waals surface area contributed by atoms with E-state index in [1.807, 2.05) is 11.8 Å². The second-order valence-corrected chi connectivity index (χ2v) is 5.02. The van der Waals surface area contributed by atoms with Crippen LogP contribution in [0.3, 0.4) is 0 Å². The molecular weight excluding hydrogens is 178 g/mol. The van der Waals surface area contributed by atoms with E-state index in [2.05, 4.69) is 37.4 Å². The third kappa shape index (κ3) is 2.06. The summed E-state index contributed by atoms with van der Waals surface area (Å²) in [6.07, 6.45) is 0. The van der Waals surface area contributed by atoms with Crippen molar-refractivity contribution < 1.29 is 0 Å². The van der Waals surface area contributed by atoms with E-state index in [0.29, 0.717) is 0 Å². The number of nitrogens with one attached hydrogen (secondary N) is 1. The zero-order valence-electron chi connectivity index (χ0n) is 8.13. The van der Waals surface area contributed by atoms with Crippen molar-refractivity contribution in [3.63, 3.8) is 0 Å². The van der Waals surface area contributed by atoms with Gasteiger partial charge < -0.3 is 5.32 Å². The van der Waals surface area contributed by atoms with Gasteiger partial charge in [-0.1, -0.05) is 6.07 Å². The van der Waals surface area contributed by atoms with Crippen LogP contribution in [0.4, 0.5) is 0 Å². The highest BCUT2D eigenvalue weighted by Crippen LogP contribution is 2.26. The van der Waals surface area contributed by atoms with Crippen molar-refractivity contribution in [1.82, 2.24) is 5.32 Å². The monoisotopic (exact) mass is 193 g/mol. The third-order valence-corrected chi connectivity index (χ3v) is 3.72. The summed E-state index contributed by atoms with van der Waals surface area (Å²) in [5.41, 5.74) is 2.79. The Hall–Kier alpha value is -0.470. The Kier molecular flexibility index (Phi) is 2.61. The van der Waals surface area contributed by atoms with Gasteiger partial charge >= 0.3 is 0 Å². The van der Waals surface area contributed by atoms with Gasteiger partial charge in [0.2, 0.25) is 0 Å². The second-order valence-electron chi connectivity index (χ2n) is 3.64. The molecule has 1 aliphatic rings. The summed E-state index contributed by atoms with van der Waals surface area (Å²) in [4.78, 5) is 1.41. The zero-order valence-corrected chi connectivity index (χ0v) is 8.95. The molecule has 1 nitrogen and oxygen atoms in total. The van der Waals surface area contributed by atoms with Gasteiger partial charge in [-0.3, -0.25) is 0 Å². The van der Waals surface area contributed by atoms with Crippen molar-refractivity contribution in [1.29, 1.82) is 0 Å². The second kappa shape index (κ2) is 3.72. The first-order valence-electron chi connectivity index (χ1n) is 4.70. The van der Waals surface area contributed by atoms with E-state index in [9.17, 15) is 0 Å². The SMILES string of the molecule is Cc1ccc(SC2CNC2)cc1C. The highest BCUT2D eigenvalue weighted by Gasteiger charge is 2.17. The molecule has 0 aromatic heterocycles. The Morgan fingerprint density at radius 2 is 2.00 bits per heavy atom. The minimum absolute atomic E-state index is 0.794. The summed E-state index contributed by atoms with van der Waals surface area (Å²) >= 11 is 1.99. The largest absolute Gasteiger partial charge is 0.314 e. The van der Waals surface area contributed by atoms with Crippen LogP contribution < -0.4 is 5.32 Å². The van der Waals surface area contributed by atoms with Crippen LogP contribution in [0.15, 0.2) is 23.1 Å². The Morgan fingerprint density at radius 3 is 2.54 bits per heavy atom. The molecule has 0 spiro atoms. The molecule has 1 saturated heterocycles. The number of benzene rings is 1. The highest BCUT2D eigenvalue weighted by molar-refractivity contribution is 8.00. The molecule has 0 unspecified atom stereocenters. The number of hydrogen-bond acceptors (Lipinski definition) is 2. The van der Waals surface area contributed by atoms with E-state index in [0.717, 1.165) is 18.3 Å². The fourth-order valence-electron chi connectivity index (χ4n) is 1.33. The van der Waals surface area contributed by atoms with E-state index >= 15 is 0 Å². The number of thioether (sulfide) groups is 1. The van der Waals surface area contributed by atoms with E-state index in [4.69, 9.17) is 0 Å². The predicted octanol–water partition coefficient (Wildman–Crippen LogP) is 2.37. The van der Waals surface area contributed by atoms with Crippen LogP contribution in [0.25, 0.3) is 0 Å². The lowest BCUT2D eigenvalue weighted by molar-refractivity contribution is 0.544. The molecule has 0 aliphatic carbocycles. The van der Waals surface area contributed by atoms with Gasteiger partial charge in [-0.25, -0.2) is 0 Å². The number of hydrogen-bond donors (Lipinski definition) is 1. The normalized spacial score (nSPS) is 17.1. The minimum Gasteiger partial charge on any atom is -0.314 e. The maximum atomic E-state index is 3.29. The highest BCUT2D eigenvalue weighted by atomic mass is 32.2. The molecular formula is C11H15NS. The fourth-order valence-corrected chi connectivity index (χ4v) is 2.50. The van der Waals surface area contributed by atoms with Crippen LogP contribution >= 0.6 is 11.8 Å². The molecule has 0 amide bonds. The fraction of sp³-hybridized carbons (Fsp3) is 0.455. The van der Waals surface area contributed by atoms with Gasteiger partial charge in [0.25, 0.3) is 0 Å². The lowest BCUT2D eigenvalue weighted by Crippen LogP contribution is -2.44. The Bertz CT molecular complexity index is 305. The summed E-state index contributed by atoms with van der Waals surface area (Å²) in [6.45, 7) is 6.67. The standard InChI is InChI=1S/C11H15NS/c1-8-3-4-10(5-9(8)2)13-11-6-12-7-11/h3-5,11-12H,6-7H2,1-2H3. The van der Waals surface area contributed by atoms with Gasteiger partial charge in [0.1, 0.15) is 0 Å².